The molecule has 0 unspecified atom stereocenters. The molecular weight excluding hydrogens is 316 g/mol. The van der Waals surface area contributed by atoms with Crippen LogP contribution in [0, 0.1) is 6.92 Å². The van der Waals surface area contributed by atoms with Crippen LogP contribution in [-0.2, 0) is 0 Å². The van der Waals surface area contributed by atoms with Gasteiger partial charge in [0, 0.05) is 23.2 Å². The Morgan fingerprint density at radius 2 is 1.46 bits per heavy atom. The van der Waals surface area contributed by atoms with Crippen LogP contribution < -0.4 is 0 Å². The van der Waals surface area contributed by atoms with Gasteiger partial charge in [-0.1, -0.05) is 60.7 Å². The lowest BCUT2D eigenvalue weighted by Crippen LogP contribution is -1.92. The van der Waals surface area contributed by atoms with Gasteiger partial charge in [-0.15, -0.1) is 0 Å². The Hall–Kier alpha value is -3.26. The van der Waals surface area contributed by atoms with Crippen molar-refractivity contribution in [3.05, 3.63) is 95.8 Å². The summed E-state index contributed by atoms with van der Waals surface area (Å²) in [7, 11) is 0. The number of hydrogen-bond acceptors (Lipinski definition) is 2. The van der Waals surface area contributed by atoms with E-state index in [4.69, 9.17) is 0 Å². The molecule has 2 nitrogen and oxygen atoms in total. The van der Waals surface area contributed by atoms with Crippen molar-refractivity contribution in [2.75, 3.05) is 0 Å². The zero-order chi connectivity index (χ0) is 17.9. The number of allylic oxidation sites excluding steroid dienone is 3. The van der Waals surface area contributed by atoms with Crippen molar-refractivity contribution >= 4 is 33.5 Å². The maximum Gasteiger partial charge on any atom is 0.0970 e. The van der Waals surface area contributed by atoms with Crippen LogP contribution in [0.25, 0.3) is 33.5 Å². The molecule has 0 bridgehead atoms. The molecular formula is C24H20N2. The lowest BCUT2D eigenvalue weighted by molar-refractivity contribution is 1.36. The summed E-state index contributed by atoms with van der Waals surface area (Å²) in [6.45, 7) is 4.23. The van der Waals surface area contributed by atoms with Crippen LogP contribution in [0.2, 0.25) is 0 Å². The molecule has 0 saturated carbocycles. The standard InChI is InChI=1S/C24H20N2/c1-3-18(19-9-5-4-6-10-19)13-14-20-17(2)21-11-7-15-25-23(21)24-22(20)12-8-16-26-24/h3-16H,1-2H3/b14-13-,18-3-. The van der Waals surface area contributed by atoms with Crippen molar-refractivity contribution < 1.29 is 0 Å². The summed E-state index contributed by atoms with van der Waals surface area (Å²) < 4.78 is 0. The van der Waals surface area contributed by atoms with E-state index in [1.54, 1.807) is 0 Å². The van der Waals surface area contributed by atoms with Gasteiger partial charge in [-0.2, -0.15) is 0 Å². The van der Waals surface area contributed by atoms with E-state index in [0.717, 1.165) is 21.8 Å². The average Bonchev–Trinajstić information content (AvgIpc) is 2.71. The SMILES string of the molecule is C/C=C(/C=C\c1c(C)c2cccnc2c2ncccc12)c1ccccc1. The van der Waals surface area contributed by atoms with Crippen molar-refractivity contribution in [3.63, 3.8) is 0 Å². The van der Waals surface area contributed by atoms with E-state index in [-0.39, 0.29) is 0 Å². The lowest BCUT2D eigenvalue weighted by Gasteiger charge is -2.11. The summed E-state index contributed by atoms with van der Waals surface area (Å²) in [5, 5.41) is 2.29. The first-order valence-electron chi connectivity index (χ1n) is 8.81. The van der Waals surface area contributed by atoms with Crippen molar-refractivity contribution in [3.8, 4) is 0 Å². The monoisotopic (exact) mass is 336 g/mol. The van der Waals surface area contributed by atoms with E-state index < -0.39 is 0 Å². The fourth-order valence-electron chi connectivity index (χ4n) is 3.43. The Labute approximate surface area is 153 Å². The summed E-state index contributed by atoms with van der Waals surface area (Å²) in [6.07, 6.45) is 10.2. The molecule has 0 amide bonds. The Morgan fingerprint density at radius 1 is 0.808 bits per heavy atom. The zero-order valence-corrected chi connectivity index (χ0v) is 15.0. The summed E-state index contributed by atoms with van der Waals surface area (Å²) in [6, 6.07) is 18.7. The summed E-state index contributed by atoms with van der Waals surface area (Å²) in [5.74, 6) is 0. The number of aromatic nitrogens is 2. The van der Waals surface area contributed by atoms with Gasteiger partial charge in [-0.3, -0.25) is 9.97 Å². The molecule has 0 atom stereocenters. The first-order valence-corrected chi connectivity index (χ1v) is 8.81. The Kier molecular flexibility index (Phi) is 4.32. The van der Waals surface area contributed by atoms with Gasteiger partial charge in [0.1, 0.15) is 0 Å². The smallest absolute Gasteiger partial charge is 0.0970 e. The van der Waals surface area contributed by atoms with Crippen LogP contribution in [-0.4, -0.2) is 9.97 Å². The Balaban J connectivity index is 1.92. The number of aryl methyl sites for hydroxylation is 1. The molecule has 0 fully saturated rings. The van der Waals surface area contributed by atoms with E-state index >= 15 is 0 Å². The predicted molar refractivity (Wildman–Crippen MR) is 111 cm³/mol. The number of nitrogens with zero attached hydrogens (tertiary/aromatic N) is 2. The molecule has 126 valence electrons. The van der Waals surface area contributed by atoms with Crippen LogP contribution in [0.5, 0.6) is 0 Å². The highest BCUT2D eigenvalue weighted by Gasteiger charge is 2.11. The summed E-state index contributed by atoms with van der Waals surface area (Å²) >= 11 is 0. The van der Waals surface area contributed by atoms with E-state index in [0.29, 0.717) is 0 Å². The van der Waals surface area contributed by atoms with E-state index in [1.165, 1.54) is 22.3 Å². The molecule has 0 N–H and O–H groups in total. The third-order valence-electron chi connectivity index (χ3n) is 4.79. The molecule has 2 aromatic carbocycles. The second-order valence-corrected chi connectivity index (χ2v) is 6.28. The fourth-order valence-corrected chi connectivity index (χ4v) is 3.43. The number of hydrogen-bond donors (Lipinski definition) is 0. The summed E-state index contributed by atoms with van der Waals surface area (Å²) in [4.78, 5) is 9.18. The summed E-state index contributed by atoms with van der Waals surface area (Å²) in [5.41, 5.74) is 6.77. The molecule has 0 radical (unpaired) electrons. The van der Waals surface area contributed by atoms with Gasteiger partial charge in [-0.05, 0) is 48.2 Å². The number of benzene rings is 2. The van der Waals surface area contributed by atoms with Crippen molar-refractivity contribution in [1.82, 2.24) is 9.97 Å². The van der Waals surface area contributed by atoms with Crippen molar-refractivity contribution in [2.24, 2.45) is 0 Å². The van der Waals surface area contributed by atoms with Gasteiger partial charge in [0.2, 0.25) is 0 Å². The van der Waals surface area contributed by atoms with Crippen LogP contribution in [0.4, 0.5) is 0 Å². The van der Waals surface area contributed by atoms with Crippen molar-refractivity contribution in [1.29, 1.82) is 0 Å². The maximum atomic E-state index is 4.61. The molecule has 0 spiro atoms. The third kappa shape index (κ3) is 2.80. The van der Waals surface area contributed by atoms with Crippen molar-refractivity contribution in [2.45, 2.75) is 13.8 Å². The number of fused-ring (bicyclic) bond motifs is 3. The second-order valence-electron chi connectivity index (χ2n) is 6.28. The molecule has 0 saturated heterocycles. The van der Waals surface area contributed by atoms with Gasteiger partial charge in [0.25, 0.3) is 0 Å². The highest BCUT2D eigenvalue weighted by atomic mass is 14.7. The van der Waals surface area contributed by atoms with Crippen LogP contribution in [0.1, 0.15) is 23.6 Å². The van der Waals surface area contributed by atoms with Gasteiger partial charge in [0.05, 0.1) is 11.0 Å². The third-order valence-corrected chi connectivity index (χ3v) is 4.79. The maximum absolute atomic E-state index is 4.61. The predicted octanol–water partition coefficient (Wildman–Crippen LogP) is 6.21. The molecule has 2 heterocycles. The fraction of sp³-hybridized carbons (Fsp3) is 0.0833. The molecule has 0 aliphatic rings. The molecule has 0 aliphatic carbocycles. The van der Waals surface area contributed by atoms with Crippen LogP contribution in [0.3, 0.4) is 0 Å². The first kappa shape index (κ1) is 16.2. The van der Waals surface area contributed by atoms with E-state index in [1.807, 2.05) is 30.6 Å². The van der Waals surface area contributed by atoms with Gasteiger partial charge in [-0.25, -0.2) is 0 Å². The normalized spacial score (nSPS) is 12.3. The minimum atomic E-state index is 0.954. The van der Waals surface area contributed by atoms with Crippen LogP contribution in [0.15, 0.2) is 79.1 Å². The quantitative estimate of drug-likeness (QED) is 0.328. The molecule has 26 heavy (non-hydrogen) atoms. The minimum Gasteiger partial charge on any atom is -0.254 e. The van der Waals surface area contributed by atoms with Gasteiger partial charge in [0.15, 0.2) is 0 Å². The highest BCUT2D eigenvalue weighted by molar-refractivity contribution is 6.09. The van der Waals surface area contributed by atoms with Crippen LogP contribution >= 0.6 is 0 Å². The zero-order valence-electron chi connectivity index (χ0n) is 15.0. The van der Waals surface area contributed by atoms with E-state index in [2.05, 4.69) is 78.4 Å². The average molecular weight is 336 g/mol. The first-order chi connectivity index (χ1) is 12.8. The topological polar surface area (TPSA) is 25.8 Å². The van der Waals surface area contributed by atoms with Gasteiger partial charge < -0.3 is 0 Å². The number of pyridine rings is 2. The minimum absolute atomic E-state index is 0.954. The molecule has 2 heteroatoms. The van der Waals surface area contributed by atoms with Gasteiger partial charge >= 0.3 is 0 Å². The van der Waals surface area contributed by atoms with E-state index in [9.17, 15) is 0 Å². The molecule has 2 aromatic heterocycles. The molecule has 0 aliphatic heterocycles. The number of rotatable bonds is 3. The highest BCUT2D eigenvalue weighted by Crippen LogP contribution is 2.31. The Morgan fingerprint density at radius 3 is 2.15 bits per heavy atom. The molecule has 4 rings (SSSR count). The Bertz CT molecular complexity index is 1140. The molecule has 4 aromatic rings. The lowest BCUT2D eigenvalue weighted by atomic mass is 9.96. The largest absolute Gasteiger partial charge is 0.254 e. The second kappa shape index (κ2) is 6.93.